The predicted octanol–water partition coefficient (Wildman–Crippen LogP) is 2.74. The highest BCUT2D eigenvalue weighted by Gasteiger charge is 2.52. The molecular weight excluding hydrogens is 188 g/mol. The van der Waals surface area contributed by atoms with Crippen LogP contribution in [0.2, 0.25) is 0 Å². The molecule has 2 aliphatic rings. The van der Waals surface area contributed by atoms with Crippen LogP contribution in [0.1, 0.15) is 52.9 Å². The lowest BCUT2D eigenvalue weighted by atomic mass is 9.81. The van der Waals surface area contributed by atoms with Gasteiger partial charge < -0.3 is 9.84 Å². The summed E-state index contributed by atoms with van der Waals surface area (Å²) in [4.78, 5) is 0. The van der Waals surface area contributed by atoms with Gasteiger partial charge in [0, 0.05) is 0 Å². The zero-order chi connectivity index (χ0) is 11.1. The molecule has 2 rings (SSSR count). The Balaban J connectivity index is 1.85. The van der Waals surface area contributed by atoms with E-state index in [-0.39, 0.29) is 23.7 Å². The minimum atomic E-state index is -0.213. The minimum absolute atomic E-state index is 0.119. The van der Waals surface area contributed by atoms with Crippen molar-refractivity contribution in [2.45, 2.75) is 71.2 Å². The van der Waals surface area contributed by atoms with Gasteiger partial charge in [0.05, 0.1) is 12.2 Å². The van der Waals surface area contributed by atoms with Gasteiger partial charge in [0.1, 0.15) is 6.10 Å². The van der Waals surface area contributed by atoms with Gasteiger partial charge in [-0.15, -0.1) is 0 Å². The Morgan fingerprint density at radius 1 is 1.13 bits per heavy atom. The van der Waals surface area contributed by atoms with Crippen LogP contribution < -0.4 is 0 Å². The van der Waals surface area contributed by atoms with Crippen molar-refractivity contribution in [2.24, 2.45) is 11.3 Å². The Bertz CT molecular complexity index is 213. The van der Waals surface area contributed by atoms with Crippen LogP contribution in [0.4, 0.5) is 0 Å². The summed E-state index contributed by atoms with van der Waals surface area (Å²) in [7, 11) is 0. The second-order valence-corrected chi connectivity index (χ2v) is 6.28. The molecule has 15 heavy (non-hydrogen) atoms. The summed E-state index contributed by atoms with van der Waals surface area (Å²) in [6.45, 7) is 6.56. The summed E-state index contributed by atoms with van der Waals surface area (Å²) >= 11 is 0. The molecule has 1 aliphatic carbocycles. The first kappa shape index (κ1) is 11.4. The second-order valence-electron chi connectivity index (χ2n) is 6.28. The Labute approximate surface area is 93.0 Å². The molecule has 88 valence electrons. The van der Waals surface area contributed by atoms with E-state index in [1.165, 1.54) is 32.1 Å². The van der Waals surface area contributed by atoms with E-state index in [1.54, 1.807) is 0 Å². The lowest BCUT2D eigenvalue weighted by Gasteiger charge is -2.26. The lowest BCUT2D eigenvalue weighted by Crippen LogP contribution is -2.31. The van der Waals surface area contributed by atoms with Gasteiger partial charge in [-0.05, 0) is 24.2 Å². The van der Waals surface area contributed by atoms with Gasteiger partial charge in [0.2, 0.25) is 0 Å². The van der Waals surface area contributed by atoms with Crippen LogP contribution in [-0.2, 0) is 4.74 Å². The number of aliphatic hydroxyl groups excluding tert-OH is 1. The molecule has 3 unspecified atom stereocenters. The highest BCUT2D eigenvalue weighted by molar-refractivity contribution is 4.99. The SMILES string of the molecule is CC(C)(C)C1OC1C(O)C1CCCCC1. The molecular formula is C13H24O2. The summed E-state index contributed by atoms with van der Waals surface area (Å²) < 4.78 is 5.65. The summed E-state index contributed by atoms with van der Waals surface area (Å²) in [5.74, 6) is 0.496. The normalized spacial score (nSPS) is 35.2. The van der Waals surface area contributed by atoms with Crippen molar-refractivity contribution in [1.29, 1.82) is 0 Å². The van der Waals surface area contributed by atoms with Crippen LogP contribution in [0, 0.1) is 11.3 Å². The van der Waals surface area contributed by atoms with Gasteiger partial charge in [-0.3, -0.25) is 0 Å². The van der Waals surface area contributed by atoms with Crippen LogP contribution in [0.3, 0.4) is 0 Å². The largest absolute Gasteiger partial charge is 0.390 e. The van der Waals surface area contributed by atoms with Crippen LogP contribution in [0.15, 0.2) is 0 Å². The number of hydrogen-bond donors (Lipinski definition) is 1. The van der Waals surface area contributed by atoms with Gasteiger partial charge in [-0.25, -0.2) is 0 Å². The Hall–Kier alpha value is -0.0800. The van der Waals surface area contributed by atoms with Crippen LogP contribution in [0.25, 0.3) is 0 Å². The van der Waals surface area contributed by atoms with Crippen molar-refractivity contribution in [1.82, 2.24) is 0 Å². The molecule has 0 aromatic heterocycles. The Morgan fingerprint density at radius 2 is 1.73 bits per heavy atom. The van der Waals surface area contributed by atoms with Crippen LogP contribution in [0.5, 0.6) is 0 Å². The highest BCUT2D eigenvalue weighted by Crippen LogP contribution is 2.43. The quantitative estimate of drug-likeness (QED) is 0.714. The van der Waals surface area contributed by atoms with Crippen LogP contribution in [-0.4, -0.2) is 23.4 Å². The molecule has 1 saturated carbocycles. The summed E-state index contributed by atoms with van der Waals surface area (Å²) in [6, 6.07) is 0. The fourth-order valence-corrected chi connectivity index (χ4v) is 2.82. The molecule has 2 heteroatoms. The molecule has 0 amide bonds. The number of ether oxygens (including phenoxy) is 1. The van der Waals surface area contributed by atoms with Crippen molar-refractivity contribution in [3.63, 3.8) is 0 Å². The third-order valence-corrected chi connectivity index (χ3v) is 3.85. The molecule has 0 radical (unpaired) electrons. The van der Waals surface area contributed by atoms with E-state index in [4.69, 9.17) is 4.74 Å². The first-order valence-corrected chi connectivity index (χ1v) is 6.33. The average molecular weight is 212 g/mol. The summed E-state index contributed by atoms with van der Waals surface area (Å²) in [5, 5.41) is 10.2. The molecule has 0 aromatic rings. The standard InChI is InChI=1S/C13H24O2/c1-13(2,3)12-11(15-12)10(14)9-7-5-4-6-8-9/h9-12,14H,4-8H2,1-3H3. The van der Waals surface area contributed by atoms with Gasteiger partial charge in [-0.1, -0.05) is 40.0 Å². The molecule has 1 N–H and O–H groups in total. The molecule has 3 atom stereocenters. The third-order valence-electron chi connectivity index (χ3n) is 3.85. The van der Waals surface area contributed by atoms with E-state index >= 15 is 0 Å². The minimum Gasteiger partial charge on any atom is -0.390 e. The topological polar surface area (TPSA) is 32.8 Å². The van der Waals surface area contributed by atoms with Crippen molar-refractivity contribution in [2.75, 3.05) is 0 Å². The molecule has 1 heterocycles. The summed E-state index contributed by atoms with van der Waals surface area (Å²) in [5.41, 5.74) is 0.181. The van der Waals surface area contributed by atoms with E-state index in [9.17, 15) is 5.11 Å². The van der Waals surface area contributed by atoms with Gasteiger partial charge >= 0.3 is 0 Å². The molecule has 0 bridgehead atoms. The van der Waals surface area contributed by atoms with Crippen LogP contribution >= 0.6 is 0 Å². The third kappa shape index (κ3) is 2.54. The smallest absolute Gasteiger partial charge is 0.111 e. The maximum absolute atomic E-state index is 10.2. The zero-order valence-corrected chi connectivity index (χ0v) is 10.2. The highest BCUT2D eigenvalue weighted by atomic mass is 16.6. The van der Waals surface area contributed by atoms with E-state index < -0.39 is 0 Å². The second kappa shape index (κ2) is 4.06. The monoisotopic (exact) mass is 212 g/mol. The van der Waals surface area contributed by atoms with Gasteiger partial charge in [0.15, 0.2) is 0 Å². The van der Waals surface area contributed by atoms with Crippen molar-refractivity contribution >= 4 is 0 Å². The van der Waals surface area contributed by atoms with E-state index in [2.05, 4.69) is 20.8 Å². The van der Waals surface area contributed by atoms with E-state index in [0.717, 1.165) is 0 Å². The van der Waals surface area contributed by atoms with E-state index in [1.807, 2.05) is 0 Å². The maximum atomic E-state index is 10.2. The number of hydrogen-bond acceptors (Lipinski definition) is 2. The number of epoxide rings is 1. The Kier molecular flexibility index (Phi) is 3.09. The van der Waals surface area contributed by atoms with E-state index in [0.29, 0.717) is 5.92 Å². The molecule has 0 spiro atoms. The molecule has 1 aliphatic heterocycles. The van der Waals surface area contributed by atoms with Crippen molar-refractivity contribution in [3.05, 3.63) is 0 Å². The fraction of sp³-hybridized carbons (Fsp3) is 1.00. The maximum Gasteiger partial charge on any atom is 0.111 e. The first-order chi connectivity index (χ1) is 7.00. The molecule has 0 aromatic carbocycles. The Morgan fingerprint density at radius 3 is 2.20 bits per heavy atom. The average Bonchev–Trinajstić information content (AvgIpc) is 2.97. The zero-order valence-electron chi connectivity index (χ0n) is 10.2. The lowest BCUT2D eigenvalue weighted by molar-refractivity contribution is 0.0585. The molecule has 2 fully saturated rings. The number of rotatable bonds is 2. The van der Waals surface area contributed by atoms with Gasteiger partial charge in [0.25, 0.3) is 0 Å². The predicted molar refractivity (Wildman–Crippen MR) is 60.7 cm³/mol. The number of aliphatic hydroxyl groups is 1. The van der Waals surface area contributed by atoms with Crippen molar-refractivity contribution in [3.8, 4) is 0 Å². The van der Waals surface area contributed by atoms with Crippen molar-refractivity contribution < 1.29 is 9.84 Å². The molecule has 2 nitrogen and oxygen atoms in total. The summed E-state index contributed by atoms with van der Waals surface area (Å²) in [6.07, 6.45) is 6.48. The fourth-order valence-electron chi connectivity index (χ4n) is 2.82. The van der Waals surface area contributed by atoms with Gasteiger partial charge in [-0.2, -0.15) is 0 Å². The molecule has 1 saturated heterocycles. The first-order valence-electron chi connectivity index (χ1n) is 6.33.